The summed E-state index contributed by atoms with van der Waals surface area (Å²) in [5, 5.41) is 0. The van der Waals surface area contributed by atoms with E-state index < -0.39 is 0 Å². The average molecular weight is 192 g/mol. The molecule has 0 rings (SSSR count). The summed E-state index contributed by atoms with van der Waals surface area (Å²) in [5.41, 5.74) is 0. The molecule has 0 amide bonds. The number of ether oxygens (including phenoxy) is 1. The molecule has 0 heterocycles. The summed E-state index contributed by atoms with van der Waals surface area (Å²) in [6.45, 7) is 2.21. The minimum atomic E-state index is -0.319. The van der Waals surface area contributed by atoms with Crippen LogP contribution in [0.3, 0.4) is 0 Å². The minimum absolute atomic E-state index is 0.0564. The molecule has 0 spiro atoms. The van der Waals surface area contributed by atoms with Crippen LogP contribution in [-0.4, -0.2) is 39.4 Å². The zero-order valence-corrected chi connectivity index (χ0v) is 6.80. The van der Waals surface area contributed by atoms with Crippen molar-refractivity contribution in [2.45, 2.75) is 6.92 Å². The quantitative estimate of drug-likeness (QED) is 0.347. The van der Waals surface area contributed by atoms with Gasteiger partial charge in [-0.2, -0.15) is 0 Å². The first-order valence-electron chi connectivity index (χ1n) is 2.50. The molecule has 0 aliphatic rings. The standard InChI is InChI=1S/C5H7NO2Se/c1-2-8-5(7)3-6-4-9/h2-3H2,1H3. The van der Waals surface area contributed by atoms with Crippen molar-refractivity contribution in [1.29, 1.82) is 0 Å². The van der Waals surface area contributed by atoms with Gasteiger partial charge in [-0.15, -0.1) is 0 Å². The number of aliphatic imine (C=N–C) groups is 1. The van der Waals surface area contributed by atoms with E-state index in [4.69, 9.17) is 0 Å². The van der Waals surface area contributed by atoms with E-state index in [1.807, 2.05) is 0 Å². The predicted octanol–water partition coefficient (Wildman–Crippen LogP) is -0.377. The Hall–Kier alpha value is -0.431. The molecule has 0 N–H and O–H groups in total. The Kier molecular flexibility index (Phi) is 5.43. The van der Waals surface area contributed by atoms with Gasteiger partial charge >= 0.3 is 60.9 Å². The molecule has 0 bridgehead atoms. The van der Waals surface area contributed by atoms with Crippen LogP contribution in [0.1, 0.15) is 6.92 Å². The number of rotatable bonds is 3. The van der Waals surface area contributed by atoms with E-state index in [0.29, 0.717) is 6.61 Å². The van der Waals surface area contributed by atoms with E-state index in [2.05, 4.69) is 30.0 Å². The van der Waals surface area contributed by atoms with Gasteiger partial charge in [0.05, 0.1) is 0 Å². The van der Waals surface area contributed by atoms with Crippen LogP contribution >= 0.6 is 0 Å². The second-order valence-electron chi connectivity index (χ2n) is 1.21. The van der Waals surface area contributed by atoms with Crippen LogP contribution in [0.5, 0.6) is 0 Å². The Morgan fingerprint density at radius 1 is 1.89 bits per heavy atom. The van der Waals surface area contributed by atoms with Gasteiger partial charge in [-0.1, -0.05) is 0 Å². The summed E-state index contributed by atoms with van der Waals surface area (Å²) in [6.07, 6.45) is 0. The Labute approximate surface area is 61.5 Å². The Bertz CT molecular complexity index is 140. The van der Waals surface area contributed by atoms with Gasteiger partial charge in [-0.25, -0.2) is 0 Å². The Balaban J connectivity index is 3.38. The topological polar surface area (TPSA) is 38.7 Å². The van der Waals surface area contributed by atoms with Crippen molar-refractivity contribution in [2.75, 3.05) is 13.2 Å². The molecule has 9 heavy (non-hydrogen) atoms. The van der Waals surface area contributed by atoms with Crippen molar-refractivity contribution in [2.24, 2.45) is 4.99 Å². The number of nitrogens with zero attached hydrogens (tertiary/aromatic N) is 1. The Morgan fingerprint density at radius 2 is 2.56 bits per heavy atom. The van der Waals surface area contributed by atoms with Crippen LogP contribution in [0.4, 0.5) is 0 Å². The van der Waals surface area contributed by atoms with Gasteiger partial charge in [0.2, 0.25) is 0 Å². The molecular formula is C5H7NO2Se. The number of hydrogen-bond acceptors (Lipinski definition) is 3. The van der Waals surface area contributed by atoms with Crippen LogP contribution in [-0.2, 0) is 9.53 Å². The Morgan fingerprint density at radius 3 is 3.00 bits per heavy atom. The predicted molar refractivity (Wildman–Crippen MR) is 34.7 cm³/mol. The third-order valence-electron chi connectivity index (χ3n) is 0.578. The molecule has 0 aromatic heterocycles. The third kappa shape index (κ3) is 5.44. The van der Waals surface area contributed by atoms with E-state index in [1.165, 1.54) is 0 Å². The molecule has 0 fully saturated rings. The van der Waals surface area contributed by atoms with Crippen molar-refractivity contribution in [3.05, 3.63) is 0 Å². The first-order chi connectivity index (χ1) is 4.31. The van der Waals surface area contributed by atoms with Gasteiger partial charge in [-0.05, 0) is 0 Å². The molecule has 0 radical (unpaired) electrons. The molecule has 3 nitrogen and oxygen atoms in total. The number of hydrogen-bond donors (Lipinski definition) is 0. The summed E-state index contributed by atoms with van der Waals surface area (Å²) in [7, 11) is 0. The van der Waals surface area contributed by atoms with E-state index in [0.717, 1.165) is 0 Å². The second-order valence-corrected chi connectivity index (χ2v) is 1.60. The molecule has 0 aromatic carbocycles. The molecule has 0 aliphatic heterocycles. The van der Waals surface area contributed by atoms with Crippen molar-refractivity contribution in [3.63, 3.8) is 0 Å². The van der Waals surface area contributed by atoms with E-state index in [9.17, 15) is 4.79 Å². The van der Waals surface area contributed by atoms with Gasteiger partial charge in [0.25, 0.3) is 0 Å². The molecule has 4 heteroatoms. The van der Waals surface area contributed by atoms with Gasteiger partial charge in [0.1, 0.15) is 0 Å². The molecule has 50 valence electrons. The van der Waals surface area contributed by atoms with Crippen LogP contribution in [0, 0.1) is 0 Å². The van der Waals surface area contributed by atoms with Crippen molar-refractivity contribution in [3.8, 4) is 0 Å². The second kappa shape index (κ2) is 5.70. The van der Waals surface area contributed by atoms with Crippen LogP contribution < -0.4 is 0 Å². The zero-order chi connectivity index (χ0) is 7.11. The normalized spacial score (nSPS) is 7.67. The third-order valence-corrected chi connectivity index (χ3v) is 0.849. The van der Waals surface area contributed by atoms with Crippen molar-refractivity contribution < 1.29 is 9.53 Å². The van der Waals surface area contributed by atoms with Crippen molar-refractivity contribution in [1.82, 2.24) is 0 Å². The van der Waals surface area contributed by atoms with Crippen LogP contribution in [0.2, 0.25) is 0 Å². The first kappa shape index (κ1) is 8.57. The molecule has 0 saturated carbocycles. The van der Waals surface area contributed by atoms with Gasteiger partial charge in [0.15, 0.2) is 0 Å². The summed E-state index contributed by atoms with van der Waals surface area (Å²) < 4.78 is 6.91. The fourth-order valence-electron chi connectivity index (χ4n) is 0.303. The van der Waals surface area contributed by atoms with Gasteiger partial charge < -0.3 is 0 Å². The average Bonchev–Trinajstić information content (AvgIpc) is 1.85. The van der Waals surface area contributed by atoms with Crippen molar-refractivity contribution >= 4 is 26.3 Å². The fourth-order valence-corrected chi connectivity index (χ4v) is 0.439. The fraction of sp³-hybridized carbons (Fsp3) is 0.600. The van der Waals surface area contributed by atoms with E-state index in [-0.39, 0.29) is 12.5 Å². The molecule has 0 unspecified atom stereocenters. The van der Waals surface area contributed by atoms with Crippen LogP contribution in [0.25, 0.3) is 0 Å². The SMILES string of the molecule is CCOC(=O)CN=C=[Se]. The van der Waals surface area contributed by atoms with Gasteiger partial charge in [0, 0.05) is 0 Å². The summed E-state index contributed by atoms with van der Waals surface area (Å²) >= 11 is 2.42. The molecule has 0 saturated heterocycles. The monoisotopic (exact) mass is 193 g/mol. The first-order valence-corrected chi connectivity index (χ1v) is 3.36. The maximum absolute atomic E-state index is 10.4. The molecule has 0 aromatic rings. The summed E-state index contributed by atoms with van der Waals surface area (Å²) in [5.74, 6) is -0.319. The number of carbonyl (C=O) groups is 1. The maximum atomic E-state index is 10.4. The molecular weight excluding hydrogens is 185 g/mol. The van der Waals surface area contributed by atoms with Crippen LogP contribution in [0.15, 0.2) is 4.99 Å². The number of carbonyl (C=O) groups excluding carboxylic acids is 1. The molecule has 0 aliphatic carbocycles. The zero-order valence-electron chi connectivity index (χ0n) is 5.09. The van der Waals surface area contributed by atoms with E-state index >= 15 is 0 Å². The summed E-state index contributed by atoms with van der Waals surface area (Å²) in [4.78, 5) is 13.9. The molecule has 0 atom stereocenters. The van der Waals surface area contributed by atoms with Gasteiger partial charge in [-0.3, -0.25) is 0 Å². The van der Waals surface area contributed by atoms with E-state index in [1.54, 1.807) is 6.92 Å². The summed E-state index contributed by atoms with van der Waals surface area (Å²) in [6, 6.07) is 0. The number of esters is 1.